The summed E-state index contributed by atoms with van der Waals surface area (Å²) in [5, 5.41) is 0. The molecule has 1 aromatic carbocycles. The third-order valence-electron chi connectivity index (χ3n) is 2.17. The van der Waals surface area contributed by atoms with Gasteiger partial charge in [0.1, 0.15) is 11.3 Å². The molecule has 0 spiro atoms. The minimum absolute atomic E-state index is 0.234. The first-order valence-corrected chi connectivity index (χ1v) is 4.09. The first-order valence-electron chi connectivity index (χ1n) is 4.09. The van der Waals surface area contributed by atoms with Gasteiger partial charge in [-0.15, -0.1) is 0 Å². The molecule has 0 amide bonds. The van der Waals surface area contributed by atoms with E-state index < -0.39 is 11.9 Å². The van der Waals surface area contributed by atoms with Crippen LogP contribution in [0.2, 0.25) is 0 Å². The molecular formula is C10H8O4. The number of fused-ring (bicyclic) bond motifs is 1. The molecule has 1 aliphatic rings. The van der Waals surface area contributed by atoms with Crippen LogP contribution in [0.3, 0.4) is 0 Å². The normalized spacial score (nSPS) is 13.9. The molecule has 1 heterocycles. The lowest BCUT2D eigenvalue weighted by Gasteiger charge is -2.06. The van der Waals surface area contributed by atoms with Gasteiger partial charge in [0.15, 0.2) is 0 Å². The van der Waals surface area contributed by atoms with E-state index in [2.05, 4.69) is 4.74 Å². The summed E-state index contributed by atoms with van der Waals surface area (Å²) in [7, 11) is 1.46. The fourth-order valence-corrected chi connectivity index (χ4v) is 1.51. The molecule has 0 atom stereocenters. The van der Waals surface area contributed by atoms with Gasteiger partial charge in [0, 0.05) is 0 Å². The molecule has 0 radical (unpaired) electrons. The number of carbonyl (C=O) groups is 2. The zero-order valence-electron chi connectivity index (χ0n) is 7.79. The van der Waals surface area contributed by atoms with Gasteiger partial charge in [-0.3, -0.25) is 0 Å². The molecule has 0 saturated heterocycles. The van der Waals surface area contributed by atoms with Crippen LogP contribution < -0.4 is 4.74 Å². The van der Waals surface area contributed by atoms with Gasteiger partial charge < -0.3 is 9.47 Å². The number of cyclic esters (lactones) is 2. The third kappa shape index (κ3) is 1.00. The van der Waals surface area contributed by atoms with Crippen molar-refractivity contribution in [3.05, 3.63) is 28.8 Å². The molecule has 0 fully saturated rings. The maximum Gasteiger partial charge on any atom is 0.350 e. The van der Waals surface area contributed by atoms with E-state index in [4.69, 9.17) is 4.74 Å². The van der Waals surface area contributed by atoms with Crippen molar-refractivity contribution in [1.82, 2.24) is 0 Å². The first-order chi connectivity index (χ1) is 6.65. The second-order valence-corrected chi connectivity index (χ2v) is 3.02. The summed E-state index contributed by atoms with van der Waals surface area (Å²) in [6.07, 6.45) is 0. The number of carbonyl (C=O) groups excluding carboxylic acids is 2. The van der Waals surface area contributed by atoms with Crippen LogP contribution in [-0.2, 0) is 4.74 Å². The Hall–Kier alpha value is -1.84. The third-order valence-corrected chi connectivity index (χ3v) is 2.17. The highest BCUT2D eigenvalue weighted by Gasteiger charge is 2.33. The van der Waals surface area contributed by atoms with Crippen molar-refractivity contribution in [2.24, 2.45) is 0 Å². The van der Waals surface area contributed by atoms with Gasteiger partial charge in [0.05, 0.1) is 12.7 Å². The SMILES string of the molecule is COc1c(C)ccc2c1C(=O)OC2=O. The minimum Gasteiger partial charge on any atom is -0.496 e. The van der Waals surface area contributed by atoms with E-state index >= 15 is 0 Å². The standard InChI is InChI=1S/C10H8O4/c1-5-3-4-6-7(8(5)13-2)10(12)14-9(6)11/h3-4H,1-2H3. The van der Waals surface area contributed by atoms with Crippen LogP contribution >= 0.6 is 0 Å². The van der Waals surface area contributed by atoms with E-state index in [1.54, 1.807) is 19.1 Å². The topological polar surface area (TPSA) is 52.6 Å². The van der Waals surface area contributed by atoms with E-state index in [0.717, 1.165) is 5.56 Å². The van der Waals surface area contributed by atoms with E-state index in [1.807, 2.05) is 0 Å². The highest BCUT2D eigenvalue weighted by Crippen LogP contribution is 2.31. The second-order valence-electron chi connectivity index (χ2n) is 3.02. The van der Waals surface area contributed by atoms with Crippen LogP contribution in [-0.4, -0.2) is 19.0 Å². The Morgan fingerprint density at radius 1 is 1.21 bits per heavy atom. The van der Waals surface area contributed by atoms with Gasteiger partial charge >= 0.3 is 11.9 Å². The van der Waals surface area contributed by atoms with Crippen LogP contribution in [0, 0.1) is 6.92 Å². The number of ether oxygens (including phenoxy) is 2. The largest absolute Gasteiger partial charge is 0.496 e. The molecule has 0 saturated carbocycles. The van der Waals surface area contributed by atoms with E-state index in [9.17, 15) is 9.59 Å². The molecule has 2 rings (SSSR count). The summed E-state index contributed by atoms with van der Waals surface area (Å²) >= 11 is 0. The van der Waals surface area contributed by atoms with Crippen molar-refractivity contribution in [2.75, 3.05) is 7.11 Å². The Morgan fingerprint density at radius 3 is 2.57 bits per heavy atom. The maximum atomic E-state index is 11.3. The lowest BCUT2D eigenvalue weighted by Crippen LogP contribution is -2.00. The molecule has 0 bridgehead atoms. The summed E-state index contributed by atoms with van der Waals surface area (Å²) in [5.41, 5.74) is 1.31. The number of rotatable bonds is 1. The number of hydrogen-bond acceptors (Lipinski definition) is 4. The number of benzene rings is 1. The van der Waals surface area contributed by atoms with Crippen LogP contribution in [0.1, 0.15) is 26.3 Å². The van der Waals surface area contributed by atoms with Gasteiger partial charge in [-0.1, -0.05) is 6.07 Å². The molecule has 0 aromatic heterocycles. The molecule has 72 valence electrons. The Kier molecular flexibility index (Phi) is 1.77. The highest BCUT2D eigenvalue weighted by atomic mass is 16.6. The average Bonchev–Trinajstić information content (AvgIpc) is 2.43. The second kappa shape index (κ2) is 2.83. The molecule has 0 aliphatic carbocycles. The predicted octanol–water partition coefficient (Wildman–Crippen LogP) is 1.31. The molecule has 0 unspecified atom stereocenters. The molecule has 1 aromatic rings. The summed E-state index contributed by atoms with van der Waals surface area (Å²) in [6, 6.07) is 3.29. The van der Waals surface area contributed by atoms with Crippen LogP contribution in [0.4, 0.5) is 0 Å². The maximum absolute atomic E-state index is 11.3. The Labute approximate surface area is 80.4 Å². The van der Waals surface area contributed by atoms with Crippen LogP contribution in [0.5, 0.6) is 5.75 Å². The fraction of sp³-hybridized carbons (Fsp3) is 0.200. The molecule has 4 nitrogen and oxygen atoms in total. The van der Waals surface area contributed by atoms with E-state index in [-0.39, 0.29) is 11.1 Å². The monoisotopic (exact) mass is 192 g/mol. The molecule has 1 aliphatic heterocycles. The van der Waals surface area contributed by atoms with Crippen molar-refractivity contribution < 1.29 is 19.1 Å². The Bertz CT molecular complexity index is 434. The summed E-state index contributed by atoms with van der Waals surface area (Å²) < 4.78 is 9.52. The quantitative estimate of drug-likeness (QED) is 0.497. The van der Waals surface area contributed by atoms with Gasteiger partial charge in [-0.25, -0.2) is 9.59 Å². The summed E-state index contributed by atoms with van der Waals surface area (Å²) in [6.45, 7) is 1.80. The average molecular weight is 192 g/mol. The minimum atomic E-state index is -0.634. The molecule has 14 heavy (non-hydrogen) atoms. The van der Waals surface area contributed by atoms with Gasteiger partial charge in [-0.05, 0) is 18.6 Å². The lowest BCUT2D eigenvalue weighted by atomic mass is 10.0. The number of hydrogen-bond donors (Lipinski definition) is 0. The Balaban J connectivity index is 2.74. The van der Waals surface area contributed by atoms with Crippen molar-refractivity contribution in [3.63, 3.8) is 0 Å². The van der Waals surface area contributed by atoms with Crippen molar-refractivity contribution in [1.29, 1.82) is 0 Å². The zero-order valence-corrected chi connectivity index (χ0v) is 7.79. The highest BCUT2D eigenvalue weighted by molar-refractivity contribution is 6.16. The van der Waals surface area contributed by atoms with Crippen molar-refractivity contribution in [3.8, 4) is 5.75 Å². The van der Waals surface area contributed by atoms with Gasteiger partial charge in [0.2, 0.25) is 0 Å². The van der Waals surface area contributed by atoms with E-state index in [1.165, 1.54) is 7.11 Å². The molecule has 0 N–H and O–H groups in total. The molecule has 4 heteroatoms. The summed E-state index contributed by atoms with van der Waals surface area (Å²) in [5.74, 6) is -0.827. The lowest BCUT2D eigenvalue weighted by molar-refractivity contribution is 0.0443. The number of methoxy groups -OCH3 is 1. The number of aryl methyl sites for hydroxylation is 1. The van der Waals surface area contributed by atoms with Crippen molar-refractivity contribution >= 4 is 11.9 Å². The zero-order chi connectivity index (χ0) is 10.3. The summed E-state index contributed by atoms with van der Waals surface area (Å²) in [4.78, 5) is 22.4. The smallest absolute Gasteiger partial charge is 0.350 e. The van der Waals surface area contributed by atoms with E-state index in [0.29, 0.717) is 5.75 Å². The van der Waals surface area contributed by atoms with Crippen molar-refractivity contribution in [2.45, 2.75) is 6.92 Å². The van der Waals surface area contributed by atoms with Gasteiger partial charge in [-0.2, -0.15) is 0 Å². The first kappa shape index (κ1) is 8.74. The van der Waals surface area contributed by atoms with Crippen LogP contribution in [0.25, 0.3) is 0 Å². The predicted molar refractivity (Wildman–Crippen MR) is 47.5 cm³/mol. The Morgan fingerprint density at radius 2 is 1.93 bits per heavy atom. The van der Waals surface area contributed by atoms with Crippen LogP contribution in [0.15, 0.2) is 12.1 Å². The molecular weight excluding hydrogens is 184 g/mol. The fourth-order valence-electron chi connectivity index (χ4n) is 1.51. The number of esters is 2. The van der Waals surface area contributed by atoms with Gasteiger partial charge in [0.25, 0.3) is 0 Å².